The molecule has 1 aliphatic rings. The number of ether oxygens (including phenoxy) is 1. The molecule has 0 bridgehead atoms. The van der Waals surface area contributed by atoms with E-state index >= 15 is 0 Å². The van der Waals surface area contributed by atoms with Crippen LogP contribution < -0.4 is 0 Å². The number of carboxylic acid groups (broad SMARTS) is 1. The Morgan fingerprint density at radius 2 is 2.27 bits per heavy atom. The zero-order valence-electron chi connectivity index (χ0n) is 6.83. The van der Waals surface area contributed by atoms with Crippen LogP contribution in [-0.2, 0) is 9.53 Å². The Morgan fingerprint density at radius 3 is 2.55 bits per heavy atom. The lowest BCUT2D eigenvalue weighted by molar-refractivity contribution is -0.187. The maximum atomic E-state index is 10.7. The summed E-state index contributed by atoms with van der Waals surface area (Å²) < 4.78 is 5.16. The van der Waals surface area contributed by atoms with Gasteiger partial charge in [-0.15, -0.1) is 0 Å². The number of rotatable bonds is 3. The van der Waals surface area contributed by atoms with Gasteiger partial charge in [0.1, 0.15) is 0 Å². The van der Waals surface area contributed by atoms with Crippen molar-refractivity contribution >= 4 is 5.97 Å². The quantitative estimate of drug-likeness (QED) is 0.619. The lowest BCUT2D eigenvalue weighted by atomic mass is 9.95. The molecule has 64 valence electrons. The predicted octanol–water partition coefficient (Wildman–Crippen LogP) is -0.208. The van der Waals surface area contributed by atoms with E-state index in [1.54, 1.807) is 0 Å². The Morgan fingerprint density at radius 1 is 1.73 bits per heavy atom. The molecule has 4 nitrogen and oxygen atoms in total. The van der Waals surface area contributed by atoms with Gasteiger partial charge in [-0.25, -0.2) is 4.79 Å². The summed E-state index contributed by atoms with van der Waals surface area (Å²) in [6, 6.07) is 0. The highest BCUT2D eigenvalue weighted by atomic mass is 16.5. The third-order valence-electron chi connectivity index (χ3n) is 1.86. The second-order valence-electron chi connectivity index (χ2n) is 2.90. The second kappa shape index (κ2) is 2.79. The van der Waals surface area contributed by atoms with Gasteiger partial charge >= 0.3 is 5.97 Å². The molecule has 4 heteroatoms. The monoisotopic (exact) mass is 159 g/mol. The van der Waals surface area contributed by atoms with E-state index in [-0.39, 0.29) is 0 Å². The minimum atomic E-state index is -0.913. The lowest BCUT2D eigenvalue weighted by Crippen LogP contribution is -2.66. The van der Waals surface area contributed by atoms with Crippen molar-refractivity contribution in [3.05, 3.63) is 0 Å². The summed E-state index contributed by atoms with van der Waals surface area (Å²) in [6.07, 6.45) is 0. The molecule has 0 unspecified atom stereocenters. The highest BCUT2D eigenvalue weighted by molar-refractivity contribution is 5.79. The van der Waals surface area contributed by atoms with Crippen LogP contribution in [0.3, 0.4) is 0 Å². The van der Waals surface area contributed by atoms with Gasteiger partial charge in [0.25, 0.3) is 0 Å². The van der Waals surface area contributed by atoms with Crippen molar-refractivity contribution in [2.45, 2.75) is 12.5 Å². The Labute approximate surface area is 65.8 Å². The normalized spacial score (nSPS) is 22.7. The predicted molar refractivity (Wildman–Crippen MR) is 39.5 cm³/mol. The fraction of sp³-hybridized carbons (Fsp3) is 0.857. The molecule has 0 aliphatic carbocycles. The third-order valence-corrected chi connectivity index (χ3v) is 1.86. The molecule has 11 heavy (non-hydrogen) atoms. The van der Waals surface area contributed by atoms with E-state index in [1.165, 1.54) is 0 Å². The zero-order valence-corrected chi connectivity index (χ0v) is 6.83. The SMILES string of the molecule is CCOC1(C(=O)O)CN(C)C1. The van der Waals surface area contributed by atoms with Crippen LogP contribution >= 0.6 is 0 Å². The van der Waals surface area contributed by atoms with E-state index in [0.29, 0.717) is 19.7 Å². The molecule has 0 radical (unpaired) electrons. The maximum Gasteiger partial charge on any atom is 0.338 e. The first-order valence-electron chi connectivity index (χ1n) is 3.66. The summed E-state index contributed by atoms with van der Waals surface area (Å²) in [4.78, 5) is 12.6. The van der Waals surface area contributed by atoms with Crippen LogP contribution in [0, 0.1) is 0 Å². The Kier molecular flexibility index (Phi) is 2.15. The molecule has 0 aromatic heterocycles. The molecule has 0 aromatic rings. The standard InChI is InChI=1S/C7H13NO3/c1-3-11-7(6(9)10)4-8(2)5-7/h3-5H2,1-2H3,(H,9,10). The van der Waals surface area contributed by atoms with Crippen molar-refractivity contribution in [1.82, 2.24) is 4.90 Å². The Bertz CT molecular complexity index is 158. The van der Waals surface area contributed by atoms with Gasteiger partial charge in [0.2, 0.25) is 0 Å². The van der Waals surface area contributed by atoms with Gasteiger partial charge in [-0.2, -0.15) is 0 Å². The van der Waals surface area contributed by atoms with E-state index in [2.05, 4.69) is 0 Å². The number of carbonyl (C=O) groups is 1. The number of carboxylic acids is 1. The summed E-state index contributed by atoms with van der Waals surface area (Å²) in [6.45, 7) is 3.26. The van der Waals surface area contributed by atoms with Gasteiger partial charge in [-0.1, -0.05) is 0 Å². The van der Waals surface area contributed by atoms with Crippen molar-refractivity contribution in [2.24, 2.45) is 0 Å². The van der Waals surface area contributed by atoms with Crippen molar-refractivity contribution < 1.29 is 14.6 Å². The van der Waals surface area contributed by atoms with E-state index in [4.69, 9.17) is 9.84 Å². The number of nitrogens with zero attached hydrogens (tertiary/aromatic N) is 1. The van der Waals surface area contributed by atoms with Gasteiger partial charge in [-0.05, 0) is 14.0 Å². The topological polar surface area (TPSA) is 49.8 Å². The van der Waals surface area contributed by atoms with Crippen LogP contribution in [0.15, 0.2) is 0 Å². The molecule has 0 spiro atoms. The number of hydrogen-bond acceptors (Lipinski definition) is 3. The maximum absolute atomic E-state index is 10.7. The Balaban J connectivity index is 2.53. The minimum absolute atomic E-state index is 0.458. The molecule has 0 amide bonds. The highest BCUT2D eigenvalue weighted by Crippen LogP contribution is 2.23. The molecule has 1 fully saturated rings. The summed E-state index contributed by atoms with van der Waals surface area (Å²) in [7, 11) is 1.88. The number of hydrogen-bond donors (Lipinski definition) is 1. The summed E-state index contributed by atoms with van der Waals surface area (Å²) >= 11 is 0. The van der Waals surface area contributed by atoms with Gasteiger partial charge in [0.15, 0.2) is 5.60 Å². The summed E-state index contributed by atoms with van der Waals surface area (Å²) in [5.74, 6) is -0.850. The summed E-state index contributed by atoms with van der Waals surface area (Å²) in [5, 5.41) is 8.78. The van der Waals surface area contributed by atoms with Crippen LogP contribution in [0.25, 0.3) is 0 Å². The minimum Gasteiger partial charge on any atom is -0.479 e. The van der Waals surface area contributed by atoms with Gasteiger partial charge in [0, 0.05) is 19.7 Å². The van der Waals surface area contributed by atoms with E-state index in [9.17, 15) is 4.79 Å². The van der Waals surface area contributed by atoms with Gasteiger partial charge in [-0.3, -0.25) is 4.90 Å². The van der Waals surface area contributed by atoms with Gasteiger partial charge in [0.05, 0.1) is 0 Å². The molecule has 0 saturated carbocycles. The van der Waals surface area contributed by atoms with Crippen molar-refractivity contribution in [3.8, 4) is 0 Å². The van der Waals surface area contributed by atoms with E-state index in [1.807, 2.05) is 18.9 Å². The highest BCUT2D eigenvalue weighted by Gasteiger charge is 2.49. The smallest absolute Gasteiger partial charge is 0.338 e. The van der Waals surface area contributed by atoms with E-state index < -0.39 is 11.6 Å². The van der Waals surface area contributed by atoms with Gasteiger partial charge < -0.3 is 9.84 Å². The third kappa shape index (κ3) is 1.36. The van der Waals surface area contributed by atoms with E-state index in [0.717, 1.165) is 0 Å². The number of aliphatic carboxylic acids is 1. The average molecular weight is 159 g/mol. The fourth-order valence-electron chi connectivity index (χ4n) is 1.39. The molecular formula is C7H13NO3. The molecule has 1 saturated heterocycles. The Hall–Kier alpha value is -0.610. The second-order valence-corrected chi connectivity index (χ2v) is 2.90. The average Bonchev–Trinajstić information content (AvgIpc) is 1.84. The van der Waals surface area contributed by atoms with Crippen LogP contribution in [-0.4, -0.2) is 48.3 Å². The van der Waals surface area contributed by atoms with Crippen molar-refractivity contribution in [2.75, 3.05) is 26.7 Å². The van der Waals surface area contributed by atoms with Crippen molar-refractivity contribution in [1.29, 1.82) is 0 Å². The molecule has 0 aromatic carbocycles. The zero-order chi connectivity index (χ0) is 8.48. The largest absolute Gasteiger partial charge is 0.479 e. The molecule has 1 N–H and O–H groups in total. The van der Waals surface area contributed by atoms with Crippen LogP contribution in [0.2, 0.25) is 0 Å². The number of likely N-dealkylation sites (N-methyl/N-ethyl adjacent to an activating group) is 1. The lowest BCUT2D eigenvalue weighted by Gasteiger charge is -2.44. The molecule has 1 heterocycles. The molecular weight excluding hydrogens is 146 g/mol. The fourth-order valence-corrected chi connectivity index (χ4v) is 1.39. The molecule has 0 atom stereocenters. The van der Waals surface area contributed by atoms with Crippen LogP contribution in [0.5, 0.6) is 0 Å². The molecule has 1 rings (SSSR count). The number of likely N-dealkylation sites (tertiary alicyclic amines) is 1. The first-order valence-corrected chi connectivity index (χ1v) is 3.66. The van der Waals surface area contributed by atoms with Crippen LogP contribution in [0.1, 0.15) is 6.92 Å². The van der Waals surface area contributed by atoms with Crippen LogP contribution in [0.4, 0.5) is 0 Å². The first kappa shape index (κ1) is 8.49. The van der Waals surface area contributed by atoms with Crippen molar-refractivity contribution in [3.63, 3.8) is 0 Å². The first-order chi connectivity index (χ1) is 5.10. The summed E-state index contributed by atoms with van der Waals surface area (Å²) in [5.41, 5.74) is -0.913. The molecule has 1 aliphatic heterocycles.